The molecule has 1 atom stereocenters. The predicted octanol–water partition coefficient (Wildman–Crippen LogP) is 2.29. The Morgan fingerprint density at radius 2 is 2.19 bits per heavy atom. The van der Waals surface area contributed by atoms with Crippen LogP contribution in [0.15, 0.2) is 29.2 Å². The molecule has 0 bridgehead atoms. The fourth-order valence-electron chi connectivity index (χ4n) is 1.41. The minimum absolute atomic E-state index is 0.0606. The molecular formula is C11H12FNO2S. The second kappa shape index (κ2) is 5.08. The molecule has 86 valence electrons. The summed E-state index contributed by atoms with van der Waals surface area (Å²) in [6.07, 6.45) is 0.266. The van der Waals surface area contributed by atoms with Crippen LogP contribution >= 0.6 is 0 Å². The largest absolute Gasteiger partial charge is 0.223 e. The highest BCUT2D eigenvalue weighted by Crippen LogP contribution is 2.21. The SMILES string of the molecule is CCC(CC#N)S(=O)(=O)c1cccc(F)c1. The molecule has 1 aromatic carbocycles. The van der Waals surface area contributed by atoms with E-state index in [1.54, 1.807) is 6.92 Å². The molecule has 0 radical (unpaired) electrons. The Balaban J connectivity index is 3.16. The summed E-state index contributed by atoms with van der Waals surface area (Å²) in [7, 11) is -3.60. The van der Waals surface area contributed by atoms with E-state index in [-0.39, 0.29) is 11.3 Å². The molecule has 1 aromatic rings. The first kappa shape index (κ1) is 12.7. The molecule has 0 N–H and O–H groups in total. The minimum Gasteiger partial charge on any atom is -0.223 e. The zero-order valence-corrected chi connectivity index (χ0v) is 9.67. The van der Waals surface area contributed by atoms with Crippen LogP contribution in [-0.4, -0.2) is 13.7 Å². The normalized spacial score (nSPS) is 13.1. The van der Waals surface area contributed by atoms with Crippen LogP contribution in [0.4, 0.5) is 4.39 Å². The molecule has 0 aromatic heterocycles. The van der Waals surface area contributed by atoms with Gasteiger partial charge in [0.15, 0.2) is 9.84 Å². The van der Waals surface area contributed by atoms with E-state index < -0.39 is 20.9 Å². The summed E-state index contributed by atoms with van der Waals surface area (Å²) in [5, 5.41) is 7.78. The Morgan fingerprint density at radius 3 is 2.69 bits per heavy atom. The van der Waals surface area contributed by atoms with Gasteiger partial charge in [0.1, 0.15) is 5.82 Å². The van der Waals surface area contributed by atoms with Crippen LogP contribution < -0.4 is 0 Å². The van der Waals surface area contributed by atoms with Gasteiger partial charge in [-0.05, 0) is 24.6 Å². The van der Waals surface area contributed by atoms with Gasteiger partial charge < -0.3 is 0 Å². The fourth-order valence-corrected chi connectivity index (χ4v) is 3.07. The topological polar surface area (TPSA) is 57.9 Å². The zero-order valence-electron chi connectivity index (χ0n) is 8.85. The Morgan fingerprint density at radius 1 is 1.50 bits per heavy atom. The lowest BCUT2D eigenvalue weighted by Gasteiger charge is -2.12. The molecule has 16 heavy (non-hydrogen) atoms. The van der Waals surface area contributed by atoms with Gasteiger partial charge >= 0.3 is 0 Å². The number of nitriles is 1. The Bertz CT molecular complexity index is 505. The van der Waals surface area contributed by atoms with Gasteiger partial charge in [-0.1, -0.05) is 13.0 Å². The quantitative estimate of drug-likeness (QED) is 0.812. The summed E-state index contributed by atoms with van der Waals surface area (Å²) in [5.41, 5.74) is 0. The summed E-state index contributed by atoms with van der Waals surface area (Å²) in [6.45, 7) is 1.69. The molecule has 0 aliphatic carbocycles. The van der Waals surface area contributed by atoms with E-state index in [0.29, 0.717) is 6.42 Å². The number of hydrogen-bond donors (Lipinski definition) is 0. The molecule has 0 saturated heterocycles. The van der Waals surface area contributed by atoms with Gasteiger partial charge in [-0.15, -0.1) is 0 Å². The maximum absolute atomic E-state index is 12.9. The number of benzene rings is 1. The van der Waals surface area contributed by atoms with Crippen molar-refractivity contribution in [1.29, 1.82) is 5.26 Å². The standard InChI is InChI=1S/C11H12FNO2S/c1-2-10(6-7-13)16(14,15)11-5-3-4-9(12)8-11/h3-5,8,10H,2,6H2,1H3. The van der Waals surface area contributed by atoms with Crippen LogP contribution in [0.5, 0.6) is 0 Å². The molecule has 0 heterocycles. The van der Waals surface area contributed by atoms with E-state index in [1.165, 1.54) is 18.2 Å². The zero-order chi connectivity index (χ0) is 12.2. The lowest BCUT2D eigenvalue weighted by atomic mass is 10.3. The van der Waals surface area contributed by atoms with Crippen LogP contribution in [0.3, 0.4) is 0 Å². The third-order valence-electron chi connectivity index (χ3n) is 2.34. The van der Waals surface area contributed by atoms with Gasteiger partial charge in [0, 0.05) is 0 Å². The van der Waals surface area contributed by atoms with Gasteiger partial charge in [0.05, 0.1) is 22.6 Å². The molecule has 0 aliphatic rings. The summed E-state index contributed by atoms with van der Waals surface area (Å²) in [4.78, 5) is -0.0606. The van der Waals surface area contributed by atoms with Crippen molar-refractivity contribution in [3.8, 4) is 6.07 Å². The van der Waals surface area contributed by atoms with Crippen molar-refractivity contribution in [3.05, 3.63) is 30.1 Å². The smallest absolute Gasteiger partial charge is 0.182 e. The van der Waals surface area contributed by atoms with Crippen molar-refractivity contribution >= 4 is 9.84 Å². The van der Waals surface area contributed by atoms with Crippen molar-refractivity contribution in [2.75, 3.05) is 0 Å². The number of halogens is 1. The van der Waals surface area contributed by atoms with Crippen molar-refractivity contribution < 1.29 is 12.8 Å². The number of nitrogens with zero attached hydrogens (tertiary/aromatic N) is 1. The highest BCUT2D eigenvalue weighted by Gasteiger charge is 2.25. The highest BCUT2D eigenvalue weighted by atomic mass is 32.2. The Hall–Kier alpha value is -1.41. The molecule has 0 aliphatic heterocycles. The molecular weight excluding hydrogens is 229 g/mol. The molecule has 1 rings (SSSR count). The summed E-state index contributed by atoms with van der Waals surface area (Å²) in [5.74, 6) is -0.590. The molecule has 1 unspecified atom stereocenters. The molecule has 0 amide bonds. The lowest BCUT2D eigenvalue weighted by molar-refractivity contribution is 0.572. The van der Waals surface area contributed by atoms with Crippen LogP contribution in [0.2, 0.25) is 0 Å². The summed E-state index contributed by atoms with van der Waals surface area (Å²) in [6, 6.07) is 6.70. The third-order valence-corrected chi connectivity index (χ3v) is 4.63. The lowest BCUT2D eigenvalue weighted by Crippen LogP contribution is -2.20. The maximum Gasteiger partial charge on any atom is 0.182 e. The van der Waals surface area contributed by atoms with Gasteiger partial charge in [0.25, 0.3) is 0 Å². The average molecular weight is 241 g/mol. The van der Waals surface area contributed by atoms with Crippen LogP contribution in [-0.2, 0) is 9.84 Å². The van der Waals surface area contributed by atoms with E-state index in [4.69, 9.17) is 5.26 Å². The maximum atomic E-state index is 12.9. The first-order chi connectivity index (χ1) is 7.52. The van der Waals surface area contributed by atoms with Crippen molar-refractivity contribution in [2.45, 2.75) is 29.9 Å². The van der Waals surface area contributed by atoms with Crippen molar-refractivity contribution in [1.82, 2.24) is 0 Å². The summed E-state index contributed by atoms with van der Waals surface area (Å²) < 4.78 is 36.9. The molecule has 0 spiro atoms. The number of sulfone groups is 1. The fraction of sp³-hybridized carbons (Fsp3) is 0.364. The van der Waals surface area contributed by atoms with Crippen molar-refractivity contribution in [2.24, 2.45) is 0 Å². The molecule has 5 heteroatoms. The van der Waals surface area contributed by atoms with Crippen LogP contribution in [0.25, 0.3) is 0 Å². The predicted molar refractivity (Wildman–Crippen MR) is 57.9 cm³/mol. The molecule has 0 saturated carbocycles. The van der Waals surface area contributed by atoms with E-state index in [0.717, 1.165) is 6.07 Å². The Labute approximate surface area is 94.4 Å². The number of hydrogen-bond acceptors (Lipinski definition) is 3. The second-order valence-electron chi connectivity index (χ2n) is 3.39. The first-order valence-corrected chi connectivity index (χ1v) is 6.43. The highest BCUT2D eigenvalue weighted by molar-refractivity contribution is 7.92. The van der Waals surface area contributed by atoms with Gasteiger partial charge in [0.2, 0.25) is 0 Å². The van der Waals surface area contributed by atoms with E-state index in [2.05, 4.69) is 0 Å². The second-order valence-corrected chi connectivity index (χ2v) is 5.62. The van der Waals surface area contributed by atoms with Gasteiger partial charge in [-0.2, -0.15) is 5.26 Å². The van der Waals surface area contributed by atoms with E-state index in [9.17, 15) is 12.8 Å². The van der Waals surface area contributed by atoms with E-state index in [1.807, 2.05) is 6.07 Å². The monoisotopic (exact) mass is 241 g/mol. The van der Waals surface area contributed by atoms with Crippen LogP contribution in [0, 0.1) is 17.1 Å². The van der Waals surface area contributed by atoms with Crippen molar-refractivity contribution in [3.63, 3.8) is 0 Å². The summed E-state index contributed by atoms with van der Waals surface area (Å²) >= 11 is 0. The van der Waals surface area contributed by atoms with Crippen LogP contribution in [0.1, 0.15) is 19.8 Å². The third kappa shape index (κ3) is 2.58. The van der Waals surface area contributed by atoms with Gasteiger partial charge in [-0.3, -0.25) is 0 Å². The molecule has 0 fully saturated rings. The van der Waals surface area contributed by atoms with Gasteiger partial charge in [-0.25, -0.2) is 12.8 Å². The minimum atomic E-state index is -3.60. The average Bonchev–Trinajstić information content (AvgIpc) is 2.25. The molecule has 3 nitrogen and oxygen atoms in total. The first-order valence-electron chi connectivity index (χ1n) is 4.88. The van der Waals surface area contributed by atoms with E-state index >= 15 is 0 Å². The Kier molecular flexibility index (Phi) is 4.02. The number of rotatable bonds is 4.